The van der Waals surface area contributed by atoms with Gasteiger partial charge < -0.3 is 10.2 Å². The zero-order valence-electron chi connectivity index (χ0n) is 13.3. The van der Waals surface area contributed by atoms with Crippen molar-refractivity contribution in [1.82, 2.24) is 5.32 Å². The molecule has 0 aromatic heterocycles. The molecular weight excluding hydrogens is 376 g/mol. The molecule has 0 spiro atoms. The molecule has 0 heterocycles. The molecule has 0 bridgehead atoms. The van der Waals surface area contributed by atoms with E-state index in [2.05, 4.69) is 64.4 Å². The van der Waals surface area contributed by atoms with Crippen molar-refractivity contribution >= 4 is 39.1 Å². The van der Waals surface area contributed by atoms with Crippen LogP contribution in [0.3, 0.4) is 0 Å². The molecule has 0 fully saturated rings. The number of hydrogen-bond donors (Lipinski definition) is 1. The van der Waals surface area contributed by atoms with Gasteiger partial charge in [0.05, 0.1) is 10.6 Å². The molecule has 0 aliphatic rings. The van der Waals surface area contributed by atoms with Crippen LogP contribution in [0, 0.1) is 6.92 Å². The van der Waals surface area contributed by atoms with Gasteiger partial charge in [-0.15, -0.1) is 0 Å². The van der Waals surface area contributed by atoms with E-state index in [1.807, 2.05) is 6.07 Å². The van der Waals surface area contributed by atoms with Crippen molar-refractivity contribution in [3.63, 3.8) is 0 Å². The molecule has 1 amide bonds. The molecule has 0 saturated carbocycles. The predicted octanol–water partition coefficient (Wildman–Crippen LogP) is 4.67. The van der Waals surface area contributed by atoms with Gasteiger partial charge >= 0.3 is 0 Å². The van der Waals surface area contributed by atoms with Gasteiger partial charge in [-0.2, -0.15) is 0 Å². The second-order valence-electron chi connectivity index (χ2n) is 5.49. The van der Waals surface area contributed by atoms with E-state index in [9.17, 15) is 4.79 Å². The molecule has 0 saturated heterocycles. The number of halogens is 2. The van der Waals surface area contributed by atoms with Gasteiger partial charge in [0.1, 0.15) is 0 Å². The van der Waals surface area contributed by atoms with Crippen molar-refractivity contribution in [2.75, 3.05) is 25.0 Å². The van der Waals surface area contributed by atoms with E-state index in [1.165, 1.54) is 11.3 Å². The predicted molar refractivity (Wildman–Crippen MR) is 101 cm³/mol. The molecule has 5 heteroatoms. The van der Waals surface area contributed by atoms with Crippen LogP contribution < -0.4 is 10.2 Å². The van der Waals surface area contributed by atoms with Gasteiger partial charge in [0.15, 0.2) is 0 Å². The van der Waals surface area contributed by atoms with E-state index in [-0.39, 0.29) is 5.91 Å². The Hall–Kier alpha value is -1.52. The summed E-state index contributed by atoms with van der Waals surface area (Å²) in [5.41, 5.74) is 2.92. The first-order chi connectivity index (χ1) is 11.0. The number of hydrogen-bond acceptors (Lipinski definition) is 2. The van der Waals surface area contributed by atoms with Crippen LogP contribution in [-0.2, 0) is 0 Å². The van der Waals surface area contributed by atoms with E-state index in [0.717, 1.165) is 17.4 Å². The van der Waals surface area contributed by atoms with Gasteiger partial charge in [-0.3, -0.25) is 4.79 Å². The number of nitrogens with zero attached hydrogens (tertiary/aromatic N) is 1. The van der Waals surface area contributed by atoms with Crippen LogP contribution in [0.1, 0.15) is 22.3 Å². The third-order valence-corrected chi connectivity index (χ3v) is 4.43. The third kappa shape index (κ3) is 5.26. The maximum Gasteiger partial charge on any atom is 0.252 e. The standard InChI is InChI=1S/C18H20BrClN2O/c1-13-4-7-15(8-5-13)22(2)11-3-10-21-18(23)16-12-14(19)6-9-17(16)20/h4-9,12H,3,10-11H2,1-2H3,(H,21,23). The largest absolute Gasteiger partial charge is 0.375 e. The SMILES string of the molecule is Cc1ccc(N(C)CCCNC(=O)c2cc(Br)ccc2Cl)cc1. The summed E-state index contributed by atoms with van der Waals surface area (Å²) in [7, 11) is 2.05. The minimum Gasteiger partial charge on any atom is -0.375 e. The van der Waals surface area contributed by atoms with Gasteiger partial charge in [-0.25, -0.2) is 0 Å². The fourth-order valence-corrected chi connectivity index (χ4v) is 2.78. The number of carbonyl (C=O) groups is 1. The second-order valence-corrected chi connectivity index (χ2v) is 6.81. The average Bonchev–Trinajstić information content (AvgIpc) is 2.54. The summed E-state index contributed by atoms with van der Waals surface area (Å²) in [5.74, 6) is -0.144. The van der Waals surface area contributed by atoms with Gasteiger partial charge in [-0.05, 0) is 43.7 Å². The third-order valence-electron chi connectivity index (χ3n) is 3.60. The minimum absolute atomic E-state index is 0.144. The first kappa shape index (κ1) is 17.8. The topological polar surface area (TPSA) is 32.3 Å². The number of nitrogens with one attached hydrogen (secondary N) is 1. The van der Waals surface area contributed by atoms with Crippen molar-refractivity contribution in [1.29, 1.82) is 0 Å². The zero-order valence-corrected chi connectivity index (χ0v) is 15.6. The molecule has 0 radical (unpaired) electrons. The van der Waals surface area contributed by atoms with Crippen molar-refractivity contribution in [2.24, 2.45) is 0 Å². The minimum atomic E-state index is -0.144. The molecule has 2 aromatic carbocycles. The Morgan fingerprint density at radius 2 is 1.91 bits per heavy atom. The quantitative estimate of drug-likeness (QED) is 0.721. The monoisotopic (exact) mass is 394 g/mol. The Kier molecular flexibility index (Phi) is 6.48. The summed E-state index contributed by atoms with van der Waals surface area (Å²) in [5, 5.41) is 3.37. The number of benzene rings is 2. The maximum absolute atomic E-state index is 12.1. The first-order valence-corrected chi connectivity index (χ1v) is 8.65. The molecule has 0 unspecified atom stereocenters. The van der Waals surface area contributed by atoms with Gasteiger partial charge in [0, 0.05) is 30.3 Å². The number of amides is 1. The highest BCUT2D eigenvalue weighted by Crippen LogP contribution is 2.20. The van der Waals surface area contributed by atoms with E-state index >= 15 is 0 Å². The molecule has 2 aromatic rings. The molecule has 2 rings (SSSR count). The van der Waals surface area contributed by atoms with Crippen molar-refractivity contribution in [3.05, 3.63) is 63.1 Å². The van der Waals surface area contributed by atoms with Crippen LogP contribution >= 0.6 is 27.5 Å². The fraction of sp³-hybridized carbons (Fsp3) is 0.278. The molecular formula is C18H20BrClN2O. The summed E-state index contributed by atoms with van der Waals surface area (Å²) in [6.07, 6.45) is 0.863. The smallest absolute Gasteiger partial charge is 0.252 e. The lowest BCUT2D eigenvalue weighted by molar-refractivity contribution is 0.0953. The number of aryl methyl sites for hydroxylation is 1. The van der Waals surface area contributed by atoms with Crippen LogP contribution in [0.25, 0.3) is 0 Å². The van der Waals surface area contributed by atoms with Crippen LogP contribution in [0.5, 0.6) is 0 Å². The van der Waals surface area contributed by atoms with E-state index < -0.39 is 0 Å². The van der Waals surface area contributed by atoms with E-state index in [0.29, 0.717) is 17.1 Å². The Morgan fingerprint density at radius 3 is 2.61 bits per heavy atom. The highest BCUT2D eigenvalue weighted by molar-refractivity contribution is 9.10. The molecule has 122 valence electrons. The maximum atomic E-state index is 12.1. The summed E-state index contributed by atoms with van der Waals surface area (Å²) in [6, 6.07) is 13.7. The van der Waals surface area contributed by atoms with Crippen molar-refractivity contribution in [3.8, 4) is 0 Å². The molecule has 23 heavy (non-hydrogen) atoms. The second kappa shape index (κ2) is 8.37. The lowest BCUT2D eigenvalue weighted by Gasteiger charge is -2.19. The van der Waals surface area contributed by atoms with E-state index in [4.69, 9.17) is 11.6 Å². The van der Waals surface area contributed by atoms with Gasteiger partial charge in [0.25, 0.3) is 5.91 Å². The number of anilines is 1. The van der Waals surface area contributed by atoms with Crippen LogP contribution in [0.15, 0.2) is 46.9 Å². The van der Waals surface area contributed by atoms with Crippen LogP contribution in [-0.4, -0.2) is 26.0 Å². The van der Waals surface area contributed by atoms with E-state index in [1.54, 1.807) is 12.1 Å². The Morgan fingerprint density at radius 1 is 1.22 bits per heavy atom. The van der Waals surface area contributed by atoms with Crippen LogP contribution in [0.2, 0.25) is 5.02 Å². The highest BCUT2D eigenvalue weighted by Gasteiger charge is 2.10. The Bertz CT molecular complexity index is 673. The number of rotatable bonds is 6. The lowest BCUT2D eigenvalue weighted by atomic mass is 10.2. The summed E-state index contributed by atoms with van der Waals surface area (Å²) < 4.78 is 0.839. The zero-order chi connectivity index (χ0) is 16.8. The summed E-state index contributed by atoms with van der Waals surface area (Å²) >= 11 is 9.41. The normalized spacial score (nSPS) is 10.4. The average molecular weight is 396 g/mol. The van der Waals surface area contributed by atoms with Gasteiger partial charge in [-0.1, -0.05) is 45.2 Å². The Balaban J connectivity index is 1.79. The van der Waals surface area contributed by atoms with Crippen molar-refractivity contribution in [2.45, 2.75) is 13.3 Å². The summed E-state index contributed by atoms with van der Waals surface area (Å²) in [6.45, 7) is 3.56. The van der Waals surface area contributed by atoms with Gasteiger partial charge in [0.2, 0.25) is 0 Å². The molecule has 0 aliphatic carbocycles. The molecule has 1 N–H and O–H groups in total. The van der Waals surface area contributed by atoms with Crippen LogP contribution in [0.4, 0.5) is 5.69 Å². The lowest BCUT2D eigenvalue weighted by Crippen LogP contribution is -2.28. The highest BCUT2D eigenvalue weighted by atomic mass is 79.9. The summed E-state index contributed by atoms with van der Waals surface area (Å²) in [4.78, 5) is 14.3. The molecule has 0 aliphatic heterocycles. The van der Waals surface area contributed by atoms with Crippen molar-refractivity contribution < 1.29 is 4.79 Å². The molecule has 0 atom stereocenters. The first-order valence-electron chi connectivity index (χ1n) is 7.48. The number of carbonyl (C=O) groups excluding carboxylic acids is 1. The molecule has 3 nitrogen and oxygen atoms in total. The Labute approximate surface area is 150 Å². The fourth-order valence-electron chi connectivity index (χ4n) is 2.21.